The van der Waals surface area contributed by atoms with Gasteiger partial charge in [-0.05, 0) is 28.1 Å². The second kappa shape index (κ2) is 6.25. The van der Waals surface area contributed by atoms with Crippen molar-refractivity contribution in [1.29, 1.82) is 0 Å². The Morgan fingerprint density at radius 3 is 2.80 bits per heavy atom. The van der Waals surface area contributed by atoms with E-state index in [0.29, 0.717) is 19.1 Å². The van der Waals surface area contributed by atoms with Gasteiger partial charge in [0.05, 0.1) is 16.9 Å². The van der Waals surface area contributed by atoms with Gasteiger partial charge in [0, 0.05) is 10.9 Å². The average molecular weight is 291 g/mol. The Kier molecular flexibility index (Phi) is 5.28. The van der Waals surface area contributed by atoms with Gasteiger partial charge in [-0.25, -0.2) is 0 Å². The Morgan fingerprint density at radius 1 is 1.53 bits per heavy atom. The summed E-state index contributed by atoms with van der Waals surface area (Å²) in [5, 5.41) is 5.92. The summed E-state index contributed by atoms with van der Waals surface area (Å²) in [4.78, 5) is 12.5. The van der Waals surface area contributed by atoms with Crippen molar-refractivity contribution in [3.63, 3.8) is 0 Å². The largest absolute Gasteiger partial charge is 0.350 e. The minimum atomic E-state index is 0.0354. The molecule has 2 N–H and O–H groups in total. The Balaban J connectivity index is 2.22. The van der Waals surface area contributed by atoms with E-state index in [0.717, 1.165) is 8.66 Å². The summed E-state index contributed by atoms with van der Waals surface area (Å²) in [7, 11) is 0. The lowest BCUT2D eigenvalue weighted by Gasteiger charge is -2.07. The van der Waals surface area contributed by atoms with E-state index in [2.05, 4.69) is 26.6 Å². The highest BCUT2D eigenvalue weighted by Crippen LogP contribution is 2.21. The lowest BCUT2D eigenvalue weighted by Crippen LogP contribution is -2.36. The second-order valence-corrected chi connectivity index (χ2v) is 6.07. The summed E-state index contributed by atoms with van der Waals surface area (Å²) in [5.41, 5.74) is 0. The molecule has 1 heterocycles. The van der Waals surface area contributed by atoms with Crippen LogP contribution < -0.4 is 10.6 Å². The highest BCUT2D eigenvalue weighted by molar-refractivity contribution is 9.11. The van der Waals surface area contributed by atoms with Gasteiger partial charge >= 0.3 is 0 Å². The lowest BCUT2D eigenvalue weighted by atomic mass is 10.4. The van der Waals surface area contributed by atoms with Crippen LogP contribution in [-0.4, -0.2) is 18.5 Å². The Hall–Kier alpha value is -0.390. The SMILES string of the molecule is CC(C)NCC(=O)NCc1ccc(Br)s1. The smallest absolute Gasteiger partial charge is 0.234 e. The first kappa shape index (κ1) is 12.7. The van der Waals surface area contributed by atoms with Gasteiger partial charge in [0.25, 0.3) is 0 Å². The molecule has 0 aliphatic heterocycles. The first-order chi connectivity index (χ1) is 7.08. The molecule has 1 amide bonds. The normalized spacial score (nSPS) is 10.7. The van der Waals surface area contributed by atoms with Crippen LogP contribution in [0, 0.1) is 0 Å². The van der Waals surface area contributed by atoms with E-state index in [9.17, 15) is 4.79 Å². The first-order valence-corrected chi connectivity index (χ1v) is 6.43. The Labute approximate surface area is 102 Å². The minimum absolute atomic E-state index is 0.0354. The highest BCUT2D eigenvalue weighted by Gasteiger charge is 2.03. The Morgan fingerprint density at radius 2 is 2.27 bits per heavy atom. The van der Waals surface area contributed by atoms with Crippen LogP contribution in [0.2, 0.25) is 0 Å². The molecule has 0 radical (unpaired) electrons. The zero-order chi connectivity index (χ0) is 11.3. The zero-order valence-electron chi connectivity index (χ0n) is 8.84. The van der Waals surface area contributed by atoms with Crippen LogP contribution in [0.4, 0.5) is 0 Å². The van der Waals surface area contributed by atoms with Gasteiger partial charge in [-0.1, -0.05) is 13.8 Å². The average Bonchev–Trinajstić information content (AvgIpc) is 2.58. The molecule has 3 nitrogen and oxygen atoms in total. The number of rotatable bonds is 5. The van der Waals surface area contributed by atoms with Gasteiger partial charge in [0.15, 0.2) is 0 Å². The third kappa shape index (κ3) is 5.30. The number of thiophene rings is 1. The molecule has 0 bridgehead atoms. The number of hydrogen-bond acceptors (Lipinski definition) is 3. The van der Waals surface area contributed by atoms with Gasteiger partial charge in [0.2, 0.25) is 5.91 Å². The molecule has 0 aliphatic rings. The molecule has 1 aromatic heterocycles. The van der Waals surface area contributed by atoms with Crippen LogP contribution in [0.15, 0.2) is 15.9 Å². The van der Waals surface area contributed by atoms with E-state index in [-0.39, 0.29) is 5.91 Å². The molecule has 0 aromatic carbocycles. The molecule has 0 atom stereocenters. The molecular formula is C10H15BrN2OS. The van der Waals surface area contributed by atoms with E-state index in [1.54, 1.807) is 11.3 Å². The van der Waals surface area contributed by atoms with Gasteiger partial charge in [0.1, 0.15) is 0 Å². The molecule has 0 aliphatic carbocycles. The summed E-state index contributed by atoms with van der Waals surface area (Å²) >= 11 is 5.02. The summed E-state index contributed by atoms with van der Waals surface area (Å²) in [6, 6.07) is 4.33. The quantitative estimate of drug-likeness (QED) is 0.872. The number of carbonyl (C=O) groups is 1. The summed E-state index contributed by atoms with van der Waals surface area (Å²) in [5.74, 6) is 0.0354. The first-order valence-electron chi connectivity index (χ1n) is 4.82. The number of halogens is 1. The maximum absolute atomic E-state index is 11.3. The summed E-state index contributed by atoms with van der Waals surface area (Å²) in [6.45, 7) is 5.02. The van der Waals surface area contributed by atoms with Crippen LogP contribution in [-0.2, 0) is 11.3 Å². The van der Waals surface area contributed by atoms with Crippen LogP contribution in [0.3, 0.4) is 0 Å². The van der Waals surface area contributed by atoms with Crippen molar-refractivity contribution in [1.82, 2.24) is 10.6 Å². The molecule has 84 valence electrons. The third-order valence-electron chi connectivity index (χ3n) is 1.76. The third-order valence-corrected chi connectivity index (χ3v) is 3.38. The van der Waals surface area contributed by atoms with Crippen molar-refractivity contribution in [3.05, 3.63) is 20.8 Å². The molecule has 5 heteroatoms. The van der Waals surface area contributed by atoms with Crippen molar-refractivity contribution in [2.24, 2.45) is 0 Å². The van der Waals surface area contributed by atoms with E-state index in [4.69, 9.17) is 0 Å². The molecule has 0 saturated heterocycles. The van der Waals surface area contributed by atoms with Crippen LogP contribution in [0.25, 0.3) is 0 Å². The Bertz CT molecular complexity index is 325. The van der Waals surface area contributed by atoms with Gasteiger partial charge in [-0.2, -0.15) is 0 Å². The fourth-order valence-corrected chi connectivity index (χ4v) is 2.41. The van der Waals surface area contributed by atoms with E-state index in [1.165, 1.54) is 0 Å². The van der Waals surface area contributed by atoms with Crippen LogP contribution in [0.5, 0.6) is 0 Å². The van der Waals surface area contributed by atoms with Crippen molar-refractivity contribution in [3.8, 4) is 0 Å². The summed E-state index contributed by atoms with van der Waals surface area (Å²) in [6.07, 6.45) is 0. The molecule has 1 rings (SSSR count). The molecule has 1 aromatic rings. The van der Waals surface area contributed by atoms with Gasteiger partial charge in [-0.3, -0.25) is 4.79 Å². The van der Waals surface area contributed by atoms with E-state index < -0.39 is 0 Å². The maximum Gasteiger partial charge on any atom is 0.234 e. The lowest BCUT2D eigenvalue weighted by molar-refractivity contribution is -0.120. The van der Waals surface area contributed by atoms with E-state index in [1.807, 2.05) is 26.0 Å². The van der Waals surface area contributed by atoms with Crippen molar-refractivity contribution >= 4 is 33.2 Å². The van der Waals surface area contributed by atoms with E-state index >= 15 is 0 Å². The number of nitrogens with one attached hydrogen (secondary N) is 2. The summed E-state index contributed by atoms with van der Waals surface area (Å²) < 4.78 is 1.09. The van der Waals surface area contributed by atoms with Gasteiger partial charge in [-0.15, -0.1) is 11.3 Å². The number of hydrogen-bond donors (Lipinski definition) is 2. The molecule has 15 heavy (non-hydrogen) atoms. The number of amides is 1. The molecule has 0 spiro atoms. The van der Waals surface area contributed by atoms with Crippen LogP contribution >= 0.6 is 27.3 Å². The molecule has 0 fully saturated rings. The van der Waals surface area contributed by atoms with Crippen molar-refractivity contribution in [2.75, 3.05) is 6.54 Å². The monoisotopic (exact) mass is 290 g/mol. The topological polar surface area (TPSA) is 41.1 Å². The minimum Gasteiger partial charge on any atom is -0.350 e. The predicted molar refractivity (Wildman–Crippen MR) is 67.0 cm³/mol. The molecule has 0 unspecified atom stereocenters. The van der Waals surface area contributed by atoms with Crippen molar-refractivity contribution in [2.45, 2.75) is 26.4 Å². The maximum atomic E-state index is 11.3. The van der Waals surface area contributed by atoms with Gasteiger partial charge < -0.3 is 10.6 Å². The van der Waals surface area contributed by atoms with Crippen LogP contribution in [0.1, 0.15) is 18.7 Å². The highest BCUT2D eigenvalue weighted by atomic mass is 79.9. The molecule has 0 saturated carbocycles. The second-order valence-electron chi connectivity index (χ2n) is 3.52. The van der Waals surface area contributed by atoms with Crippen molar-refractivity contribution < 1.29 is 4.79 Å². The number of carbonyl (C=O) groups excluding carboxylic acids is 1. The zero-order valence-corrected chi connectivity index (χ0v) is 11.2. The fraction of sp³-hybridized carbons (Fsp3) is 0.500. The fourth-order valence-electron chi connectivity index (χ4n) is 0.992. The predicted octanol–water partition coefficient (Wildman–Crippen LogP) is 2.12. The standard InChI is InChI=1S/C10H15BrN2OS/c1-7(2)12-6-10(14)13-5-8-3-4-9(11)15-8/h3-4,7,12H,5-6H2,1-2H3,(H,13,14). The molecular weight excluding hydrogens is 276 g/mol.